The molecule has 5 nitrogen and oxygen atoms in total. The number of amides is 1. The Kier molecular flexibility index (Phi) is 5.77. The van der Waals surface area contributed by atoms with Crippen LogP contribution >= 0.6 is 0 Å². The van der Waals surface area contributed by atoms with Gasteiger partial charge in [-0.15, -0.1) is 0 Å². The van der Waals surface area contributed by atoms with Gasteiger partial charge in [0.05, 0.1) is 0 Å². The van der Waals surface area contributed by atoms with Crippen molar-refractivity contribution in [2.75, 3.05) is 19.6 Å². The highest BCUT2D eigenvalue weighted by Gasteiger charge is 2.34. The first kappa shape index (κ1) is 17.5. The first-order valence-corrected chi connectivity index (χ1v) is 8.16. The first-order chi connectivity index (χ1) is 10.9. The quantitative estimate of drug-likeness (QED) is 0.815. The molecule has 5 heteroatoms. The maximum absolute atomic E-state index is 12.1. The maximum Gasteiger partial charge on any atom is 0.325 e. The Bertz CT molecular complexity index is 563. The van der Waals surface area contributed by atoms with E-state index in [9.17, 15) is 9.59 Å². The number of ether oxygens (including phenoxy) is 1. The Morgan fingerprint density at radius 2 is 1.91 bits per heavy atom. The maximum atomic E-state index is 12.1. The highest BCUT2D eigenvalue weighted by molar-refractivity contribution is 5.97. The van der Waals surface area contributed by atoms with Gasteiger partial charge in [0.25, 0.3) is 5.91 Å². The van der Waals surface area contributed by atoms with Crippen molar-refractivity contribution in [1.82, 2.24) is 10.6 Å². The number of esters is 1. The molecule has 1 aliphatic heterocycles. The topological polar surface area (TPSA) is 67.4 Å². The fraction of sp³-hybridized carbons (Fsp3) is 0.556. The van der Waals surface area contributed by atoms with Crippen molar-refractivity contribution >= 4 is 11.9 Å². The summed E-state index contributed by atoms with van der Waals surface area (Å²) in [6.45, 7) is 7.56. The number of hydrogen-bond acceptors (Lipinski definition) is 4. The second kappa shape index (κ2) is 7.59. The molecule has 0 bridgehead atoms. The van der Waals surface area contributed by atoms with Gasteiger partial charge in [0.1, 0.15) is 12.1 Å². The summed E-state index contributed by atoms with van der Waals surface area (Å²) in [7, 11) is 0. The zero-order chi connectivity index (χ0) is 16.9. The number of carbonyl (C=O) groups excluding carboxylic acids is 2. The molecular formula is C18H26N2O3. The molecule has 1 fully saturated rings. The smallest absolute Gasteiger partial charge is 0.325 e. The molecule has 0 atom stereocenters. The van der Waals surface area contributed by atoms with Crippen molar-refractivity contribution in [3.05, 3.63) is 35.4 Å². The van der Waals surface area contributed by atoms with Crippen molar-refractivity contribution in [2.45, 2.75) is 39.2 Å². The van der Waals surface area contributed by atoms with Gasteiger partial charge in [0.2, 0.25) is 0 Å². The molecule has 0 saturated carbocycles. The van der Waals surface area contributed by atoms with Gasteiger partial charge in [0.15, 0.2) is 0 Å². The summed E-state index contributed by atoms with van der Waals surface area (Å²) in [6.07, 6.45) is 1.99. The average Bonchev–Trinajstić information content (AvgIpc) is 2.53. The lowest BCUT2D eigenvalue weighted by Crippen LogP contribution is -2.44. The van der Waals surface area contributed by atoms with E-state index in [1.54, 1.807) is 12.1 Å². The van der Waals surface area contributed by atoms with E-state index in [0.717, 1.165) is 31.5 Å². The number of rotatable bonds is 5. The van der Waals surface area contributed by atoms with Crippen LogP contribution in [0.1, 0.15) is 42.6 Å². The van der Waals surface area contributed by atoms with Crippen LogP contribution in [0.4, 0.5) is 0 Å². The summed E-state index contributed by atoms with van der Waals surface area (Å²) in [5.74, 6) is -0.296. The lowest BCUT2D eigenvalue weighted by atomic mass is 9.83. The summed E-state index contributed by atoms with van der Waals surface area (Å²) < 4.78 is 5.61. The third kappa shape index (κ3) is 4.79. The lowest BCUT2D eigenvalue weighted by Gasteiger charge is -2.36. The Morgan fingerprint density at radius 3 is 2.57 bits per heavy atom. The summed E-state index contributed by atoms with van der Waals surface area (Å²) in [4.78, 5) is 24.2. The fourth-order valence-corrected chi connectivity index (χ4v) is 3.01. The number of piperidine rings is 1. The van der Waals surface area contributed by atoms with E-state index in [1.165, 1.54) is 0 Å². The van der Waals surface area contributed by atoms with E-state index >= 15 is 0 Å². The molecule has 23 heavy (non-hydrogen) atoms. The molecule has 1 aromatic rings. The van der Waals surface area contributed by atoms with E-state index in [2.05, 4.69) is 10.6 Å². The van der Waals surface area contributed by atoms with Gasteiger partial charge < -0.3 is 15.4 Å². The van der Waals surface area contributed by atoms with Gasteiger partial charge in [0, 0.05) is 11.5 Å². The molecule has 1 aromatic carbocycles. The molecule has 1 saturated heterocycles. The zero-order valence-corrected chi connectivity index (χ0v) is 14.1. The Morgan fingerprint density at radius 1 is 1.26 bits per heavy atom. The standard InChI is InChI=1S/C18H26N2O3/c1-13-6-4-5-7-15(13)17(22)20-12-16(21)23-18(2,3)14-8-10-19-11-9-14/h4-7,14,19H,8-12H2,1-3H3,(H,20,22). The highest BCUT2D eigenvalue weighted by Crippen LogP contribution is 2.28. The summed E-state index contributed by atoms with van der Waals surface area (Å²) in [5.41, 5.74) is 0.957. The molecule has 0 radical (unpaired) electrons. The molecule has 126 valence electrons. The van der Waals surface area contributed by atoms with Crippen LogP contribution in [0.15, 0.2) is 24.3 Å². The number of hydrogen-bond donors (Lipinski definition) is 2. The molecule has 0 unspecified atom stereocenters. The Balaban J connectivity index is 1.85. The second-order valence-corrected chi connectivity index (χ2v) is 6.60. The zero-order valence-electron chi connectivity index (χ0n) is 14.1. The molecule has 0 spiro atoms. The first-order valence-electron chi connectivity index (χ1n) is 8.16. The minimum atomic E-state index is -0.507. The fourth-order valence-electron chi connectivity index (χ4n) is 3.01. The van der Waals surface area contributed by atoms with E-state index in [1.807, 2.05) is 32.9 Å². The van der Waals surface area contributed by atoms with Crippen LogP contribution in [0.5, 0.6) is 0 Å². The van der Waals surface area contributed by atoms with Crippen LogP contribution in [-0.4, -0.2) is 37.1 Å². The predicted molar refractivity (Wildman–Crippen MR) is 89.3 cm³/mol. The van der Waals surface area contributed by atoms with Crippen molar-refractivity contribution < 1.29 is 14.3 Å². The lowest BCUT2D eigenvalue weighted by molar-refractivity contribution is -0.161. The van der Waals surface area contributed by atoms with Crippen LogP contribution in [-0.2, 0) is 9.53 Å². The summed E-state index contributed by atoms with van der Waals surface area (Å²) >= 11 is 0. The minimum absolute atomic E-state index is 0.110. The molecule has 1 amide bonds. The van der Waals surface area contributed by atoms with Gasteiger partial charge in [-0.05, 0) is 58.3 Å². The highest BCUT2D eigenvalue weighted by atomic mass is 16.6. The molecule has 1 heterocycles. The monoisotopic (exact) mass is 318 g/mol. The van der Waals surface area contributed by atoms with Gasteiger partial charge in [-0.1, -0.05) is 18.2 Å². The van der Waals surface area contributed by atoms with Crippen LogP contribution < -0.4 is 10.6 Å². The number of aryl methyl sites for hydroxylation is 1. The van der Waals surface area contributed by atoms with Crippen molar-refractivity contribution in [1.29, 1.82) is 0 Å². The number of benzene rings is 1. The van der Waals surface area contributed by atoms with E-state index < -0.39 is 11.6 Å². The van der Waals surface area contributed by atoms with Crippen molar-refractivity contribution in [3.8, 4) is 0 Å². The van der Waals surface area contributed by atoms with Gasteiger partial charge in [-0.2, -0.15) is 0 Å². The minimum Gasteiger partial charge on any atom is -0.458 e. The average molecular weight is 318 g/mol. The Labute approximate surface area is 137 Å². The normalized spacial score (nSPS) is 16.0. The predicted octanol–water partition coefficient (Wildman–Crippen LogP) is 2.05. The molecular weight excluding hydrogens is 292 g/mol. The third-order valence-electron chi connectivity index (χ3n) is 4.48. The molecule has 1 aliphatic rings. The van der Waals surface area contributed by atoms with Crippen LogP contribution in [0, 0.1) is 12.8 Å². The van der Waals surface area contributed by atoms with E-state index in [-0.39, 0.29) is 12.5 Å². The third-order valence-corrected chi connectivity index (χ3v) is 4.48. The van der Waals surface area contributed by atoms with Crippen LogP contribution in [0.25, 0.3) is 0 Å². The summed E-state index contributed by atoms with van der Waals surface area (Å²) in [6, 6.07) is 7.30. The van der Waals surface area contributed by atoms with Crippen molar-refractivity contribution in [2.24, 2.45) is 5.92 Å². The SMILES string of the molecule is Cc1ccccc1C(=O)NCC(=O)OC(C)(C)C1CCNCC1. The Hall–Kier alpha value is -1.88. The number of nitrogens with one attached hydrogen (secondary N) is 2. The van der Waals surface area contributed by atoms with Gasteiger partial charge in [-0.25, -0.2) is 0 Å². The van der Waals surface area contributed by atoms with Gasteiger partial charge >= 0.3 is 5.97 Å². The molecule has 2 rings (SSSR count). The molecule has 2 N–H and O–H groups in total. The van der Waals surface area contributed by atoms with Gasteiger partial charge in [-0.3, -0.25) is 9.59 Å². The van der Waals surface area contributed by atoms with Crippen LogP contribution in [0.2, 0.25) is 0 Å². The van der Waals surface area contributed by atoms with Crippen LogP contribution in [0.3, 0.4) is 0 Å². The largest absolute Gasteiger partial charge is 0.458 e. The second-order valence-electron chi connectivity index (χ2n) is 6.60. The molecule has 0 aromatic heterocycles. The van der Waals surface area contributed by atoms with E-state index in [4.69, 9.17) is 4.74 Å². The van der Waals surface area contributed by atoms with E-state index in [0.29, 0.717) is 11.5 Å². The molecule has 0 aliphatic carbocycles. The number of carbonyl (C=O) groups is 2. The van der Waals surface area contributed by atoms with Crippen molar-refractivity contribution in [3.63, 3.8) is 0 Å². The summed E-state index contributed by atoms with van der Waals surface area (Å²) in [5, 5.41) is 5.95.